The van der Waals surface area contributed by atoms with Crippen LogP contribution in [-0.2, 0) is 0 Å². The van der Waals surface area contributed by atoms with Gasteiger partial charge in [0.15, 0.2) is 0 Å². The number of rotatable bonds is 2. The van der Waals surface area contributed by atoms with E-state index in [1.165, 1.54) is 37.0 Å². The highest BCUT2D eigenvalue weighted by Crippen LogP contribution is 2.24. The van der Waals surface area contributed by atoms with Crippen LogP contribution < -0.4 is 4.90 Å². The van der Waals surface area contributed by atoms with E-state index in [1.54, 1.807) is 20.2 Å². The number of hydrogen-bond donors (Lipinski definition) is 1. The molecule has 0 bridgehead atoms. The molecule has 2 aliphatic rings. The number of piperidine rings is 1. The van der Waals surface area contributed by atoms with E-state index < -0.39 is 0 Å². The number of anilines is 1. The van der Waals surface area contributed by atoms with Crippen LogP contribution in [0.5, 0.6) is 0 Å². The molecule has 1 aromatic heterocycles. The molecular weight excluding hydrogens is 350 g/mol. The van der Waals surface area contributed by atoms with Crippen molar-refractivity contribution in [2.24, 2.45) is 5.92 Å². The van der Waals surface area contributed by atoms with Gasteiger partial charge in [0.05, 0.1) is 5.56 Å². The quantitative estimate of drug-likeness (QED) is 0.762. The minimum absolute atomic E-state index is 0.115. The second kappa shape index (κ2) is 13.8. The zero-order valence-electron chi connectivity index (χ0n) is 17.3. The lowest BCUT2D eigenvalue weighted by Gasteiger charge is -2.31. The molecular formula is C20H36ClN3O2. The summed E-state index contributed by atoms with van der Waals surface area (Å²) in [6.45, 7) is 8.29. The van der Waals surface area contributed by atoms with Gasteiger partial charge in [-0.25, -0.2) is 4.98 Å². The number of pyridine rings is 1. The van der Waals surface area contributed by atoms with Crippen molar-refractivity contribution in [3.63, 3.8) is 0 Å². The topological polar surface area (TPSA) is 56.7 Å². The second-order valence-electron chi connectivity index (χ2n) is 6.44. The maximum Gasteiger partial charge on any atom is 0.256 e. The van der Waals surface area contributed by atoms with Gasteiger partial charge in [-0.2, -0.15) is 0 Å². The Hall–Kier alpha value is -1.33. The summed E-state index contributed by atoms with van der Waals surface area (Å²) in [6, 6.07) is 3.66. The molecule has 6 heteroatoms. The van der Waals surface area contributed by atoms with E-state index in [1.807, 2.05) is 19.9 Å². The van der Waals surface area contributed by atoms with Crippen molar-refractivity contribution < 1.29 is 9.90 Å². The fourth-order valence-corrected chi connectivity index (χ4v) is 2.47. The average Bonchev–Trinajstić information content (AvgIpc) is 3.54. The van der Waals surface area contributed by atoms with Crippen molar-refractivity contribution in [3.8, 4) is 0 Å². The van der Waals surface area contributed by atoms with E-state index in [2.05, 4.69) is 16.8 Å². The van der Waals surface area contributed by atoms with Crippen molar-refractivity contribution in [1.82, 2.24) is 9.88 Å². The highest BCUT2D eigenvalue weighted by Gasteiger charge is 2.19. The van der Waals surface area contributed by atoms with Gasteiger partial charge in [0.1, 0.15) is 11.0 Å². The van der Waals surface area contributed by atoms with Gasteiger partial charge in [-0.1, -0.05) is 51.6 Å². The minimum Gasteiger partial charge on any atom is -0.400 e. The first kappa shape index (κ1) is 24.7. The molecule has 1 aliphatic heterocycles. The molecule has 26 heavy (non-hydrogen) atoms. The molecule has 1 saturated carbocycles. The zero-order chi connectivity index (χ0) is 20.1. The Labute approximate surface area is 164 Å². The molecule has 0 spiro atoms. The van der Waals surface area contributed by atoms with E-state index in [4.69, 9.17) is 16.7 Å². The summed E-state index contributed by atoms with van der Waals surface area (Å²) in [6.07, 6.45) is 6.86. The molecule has 2 fully saturated rings. The Bertz CT molecular complexity index is 511. The van der Waals surface area contributed by atoms with E-state index in [-0.39, 0.29) is 11.1 Å². The minimum atomic E-state index is -0.115. The van der Waals surface area contributed by atoms with Crippen LogP contribution in [0.25, 0.3) is 0 Å². The SMILES string of the molecule is C1CC1.CC.CC1CCN(c2ccc(C(=O)N(C)C)c(Cl)n2)CC1.CO. The molecule has 0 unspecified atom stereocenters. The number of hydrogen-bond acceptors (Lipinski definition) is 4. The summed E-state index contributed by atoms with van der Waals surface area (Å²) in [5.41, 5.74) is 0.459. The molecule has 0 aromatic carbocycles. The van der Waals surface area contributed by atoms with Gasteiger partial charge in [0, 0.05) is 34.3 Å². The summed E-state index contributed by atoms with van der Waals surface area (Å²) in [5, 5.41) is 7.29. The largest absolute Gasteiger partial charge is 0.400 e. The van der Waals surface area contributed by atoms with Crippen LogP contribution in [0, 0.1) is 5.92 Å². The number of carbonyl (C=O) groups excluding carboxylic acids is 1. The van der Waals surface area contributed by atoms with Crippen LogP contribution >= 0.6 is 11.6 Å². The zero-order valence-corrected chi connectivity index (χ0v) is 18.0. The lowest BCUT2D eigenvalue weighted by molar-refractivity contribution is 0.0827. The Kier molecular flexibility index (Phi) is 13.1. The number of aliphatic hydroxyl groups is 1. The first-order valence-corrected chi connectivity index (χ1v) is 9.94. The molecule has 1 aliphatic carbocycles. The predicted molar refractivity (Wildman–Crippen MR) is 111 cm³/mol. The standard InChI is InChI=1S/C14H20ClN3O.C3H6.C2H6.CH4O/c1-10-6-8-18(9-7-10)12-5-4-11(13(15)16-12)14(19)17(2)3;1-2-3-1;2*1-2/h4-5,10H,6-9H2,1-3H3;1-3H2;1-2H3;2H,1H3. The molecule has 1 saturated heterocycles. The van der Waals surface area contributed by atoms with Crippen LogP contribution in [-0.4, -0.2) is 55.2 Å². The summed E-state index contributed by atoms with van der Waals surface area (Å²) in [4.78, 5) is 20.0. The molecule has 0 radical (unpaired) electrons. The van der Waals surface area contributed by atoms with Gasteiger partial charge < -0.3 is 14.9 Å². The average molecular weight is 386 g/mol. The summed E-state index contributed by atoms with van der Waals surface area (Å²) >= 11 is 6.13. The highest BCUT2D eigenvalue weighted by molar-refractivity contribution is 6.32. The van der Waals surface area contributed by atoms with Gasteiger partial charge in [0.25, 0.3) is 5.91 Å². The smallest absolute Gasteiger partial charge is 0.256 e. The van der Waals surface area contributed by atoms with Crippen LogP contribution in [0.15, 0.2) is 12.1 Å². The number of aliphatic hydroxyl groups excluding tert-OH is 1. The monoisotopic (exact) mass is 385 g/mol. The molecule has 2 heterocycles. The van der Waals surface area contributed by atoms with Crippen molar-refractivity contribution in [2.45, 2.75) is 52.9 Å². The summed E-state index contributed by atoms with van der Waals surface area (Å²) in [7, 11) is 4.41. The van der Waals surface area contributed by atoms with Crippen LogP contribution in [0.4, 0.5) is 5.82 Å². The first-order chi connectivity index (χ1) is 12.5. The fourth-order valence-electron chi connectivity index (χ4n) is 2.24. The molecule has 150 valence electrons. The van der Waals surface area contributed by atoms with Gasteiger partial charge in [-0.05, 0) is 30.9 Å². The Morgan fingerprint density at radius 3 is 2.04 bits per heavy atom. The molecule has 3 rings (SSSR count). The third-order valence-corrected chi connectivity index (χ3v) is 4.22. The third-order valence-electron chi connectivity index (χ3n) is 3.93. The van der Waals surface area contributed by atoms with Gasteiger partial charge in [-0.3, -0.25) is 4.79 Å². The van der Waals surface area contributed by atoms with Gasteiger partial charge in [0.2, 0.25) is 0 Å². The Morgan fingerprint density at radius 1 is 1.15 bits per heavy atom. The number of carbonyl (C=O) groups is 1. The number of aromatic nitrogens is 1. The van der Waals surface area contributed by atoms with E-state index >= 15 is 0 Å². The third kappa shape index (κ3) is 8.86. The van der Waals surface area contributed by atoms with Crippen molar-refractivity contribution in [1.29, 1.82) is 0 Å². The van der Waals surface area contributed by atoms with Crippen LogP contribution in [0.3, 0.4) is 0 Å². The molecule has 1 aromatic rings. The molecule has 0 atom stereocenters. The second-order valence-corrected chi connectivity index (χ2v) is 6.80. The Morgan fingerprint density at radius 2 is 1.65 bits per heavy atom. The lowest BCUT2D eigenvalue weighted by atomic mass is 9.99. The number of halogens is 1. The van der Waals surface area contributed by atoms with Crippen molar-refractivity contribution in [2.75, 3.05) is 39.2 Å². The van der Waals surface area contributed by atoms with Crippen molar-refractivity contribution in [3.05, 3.63) is 22.8 Å². The molecule has 1 amide bonds. The lowest BCUT2D eigenvalue weighted by Crippen LogP contribution is -2.33. The van der Waals surface area contributed by atoms with Crippen LogP contribution in [0.1, 0.15) is 63.2 Å². The maximum atomic E-state index is 11.9. The van der Waals surface area contributed by atoms with Gasteiger partial charge in [-0.15, -0.1) is 0 Å². The van der Waals surface area contributed by atoms with Crippen LogP contribution in [0.2, 0.25) is 5.15 Å². The Balaban J connectivity index is 0.000000768. The van der Waals surface area contributed by atoms with E-state index in [0.717, 1.165) is 31.9 Å². The summed E-state index contributed by atoms with van der Waals surface area (Å²) < 4.78 is 0. The van der Waals surface area contributed by atoms with Gasteiger partial charge >= 0.3 is 0 Å². The normalized spacial score (nSPS) is 15.3. The molecule has 1 N–H and O–H groups in total. The van der Waals surface area contributed by atoms with E-state index in [9.17, 15) is 4.79 Å². The number of amides is 1. The maximum absolute atomic E-state index is 11.9. The molecule has 5 nitrogen and oxygen atoms in total. The fraction of sp³-hybridized carbons (Fsp3) is 0.700. The first-order valence-electron chi connectivity index (χ1n) is 9.57. The van der Waals surface area contributed by atoms with E-state index in [0.29, 0.717) is 5.56 Å². The predicted octanol–water partition coefficient (Wildman–Crippen LogP) is 4.48. The summed E-state index contributed by atoms with van der Waals surface area (Å²) in [5.74, 6) is 1.53. The van der Waals surface area contributed by atoms with Crippen molar-refractivity contribution >= 4 is 23.3 Å². The number of nitrogens with zero attached hydrogens (tertiary/aromatic N) is 3. The highest BCUT2D eigenvalue weighted by atomic mass is 35.5.